The molecule has 4 N–H and O–H groups in total. The highest BCUT2D eigenvalue weighted by molar-refractivity contribution is 6.30. The second kappa shape index (κ2) is 10.1. The summed E-state index contributed by atoms with van der Waals surface area (Å²) < 4.78 is 0. The maximum absolute atomic E-state index is 12.5. The Morgan fingerprint density at radius 2 is 1.40 bits per heavy atom. The van der Waals surface area contributed by atoms with Gasteiger partial charge in [0, 0.05) is 16.4 Å². The van der Waals surface area contributed by atoms with Crippen LogP contribution in [0.25, 0.3) is 0 Å². The molecule has 1 fully saturated rings. The van der Waals surface area contributed by atoms with Gasteiger partial charge in [-0.3, -0.25) is 9.59 Å². The number of aryl methyl sites for hydroxylation is 2. The van der Waals surface area contributed by atoms with E-state index < -0.39 is 0 Å². The Bertz CT molecular complexity index is 923. The van der Waals surface area contributed by atoms with E-state index >= 15 is 0 Å². The third-order valence-electron chi connectivity index (χ3n) is 5.83. The molecule has 7 heteroatoms. The molecule has 1 aliphatic heterocycles. The fraction of sp³-hybridized carbons (Fsp3) is 0.391. The number of rotatable bonds is 6. The highest BCUT2D eigenvalue weighted by atomic mass is 35.5. The van der Waals surface area contributed by atoms with Gasteiger partial charge in [-0.15, -0.1) is 0 Å². The molecule has 2 aromatic rings. The second-order valence-corrected chi connectivity index (χ2v) is 8.59. The van der Waals surface area contributed by atoms with Crippen molar-refractivity contribution in [2.24, 2.45) is 0 Å². The molecule has 1 heterocycles. The number of halogens is 1. The molecule has 6 nitrogen and oxygen atoms in total. The lowest BCUT2D eigenvalue weighted by Crippen LogP contribution is -3.28. The Morgan fingerprint density at radius 3 is 1.97 bits per heavy atom. The topological polar surface area (TPSA) is 67.1 Å². The van der Waals surface area contributed by atoms with Gasteiger partial charge in [0.15, 0.2) is 13.1 Å². The summed E-state index contributed by atoms with van der Waals surface area (Å²) in [4.78, 5) is 27.4. The van der Waals surface area contributed by atoms with Crippen molar-refractivity contribution >= 4 is 34.8 Å². The second-order valence-electron chi connectivity index (χ2n) is 8.16. The highest BCUT2D eigenvalue weighted by Crippen LogP contribution is 2.19. The summed E-state index contributed by atoms with van der Waals surface area (Å²) >= 11 is 5.97. The summed E-state index contributed by atoms with van der Waals surface area (Å²) in [5.74, 6) is 0.0460. The number of carbonyl (C=O) groups excluding carboxylic acids is 2. The van der Waals surface area contributed by atoms with Gasteiger partial charge >= 0.3 is 0 Å². The van der Waals surface area contributed by atoms with Crippen molar-refractivity contribution in [1.82, 2.24) is 0 Å². The van der Waals surface area contributed by atoms with Gasteiger partial charge < -0.3 is 20.4 Å². The molecule has 0 atom stereocenters. The summed E-state index contributed by atoms with van der Waals surface area (Å²) in [6.07, 6.45) is 0. The lowest BCUT2D eigenvalue weighted by molar-refractivity contribution is -1.00. The number of quaternary nitrogens is 2. The predicted molar refractivity (Wildman–Crippen MR) is 120 cm³/mol. The SMILES string of the molecule is Cc1cc(Cl)ccc1NC(=O)C[NH+]1CC[NH+](CC(=O)Nc2cccc(C)c2C)CC1. The van der Waals surface area contributed by atoms with Crippen LogP contribution in [0.4, 0.5) is 11.4 Å². The summed E-state index contributed by atoms with van der Waals surface area (Å²) in [6.45, 7) is 10.4. The number of benzene rings is 2. The molecule has 3 rings (SSSR count). The largest absolute Gasteiger partial charge is 0.321 e. The zero-order valence-corrected chi connectivity index (χ0v) is 18.7. The third kappa shape index (κ3) is 6.05. The fourth-order valence-electron chi connectivity index (χ4n) is 3.81. The number of hydrogen-bond acceptors (Lipinski definition) is 2. The quantitative estimate of drug-likeness (QED) is 0.543. The lowest BCUT2D eigenvalue weighted by Gasteiger charge is -2.29. The van der Waals surface area contributed by atoms with Crippen molar-refractivity contribution in [3.63, 3.8) is 0 Å². The first-order chi connectivity index (χ1) is 14.3. The van der Waals surface area contributed by atoms with E-state index in [0.717, 1.165) is 48.7 Å². The van der Waals surface area contributed by atoms with Crippen LogP contribution >= 0.6 is 11.6 Å². The molecule has 0 bridgehead atoms. The van der Waals surface area contributed by atoms with Crippen molar-refractivity contribution < 1.29 is 19.4 Å². The molecule has 1 saturated heterocycles. The summed E-state index contributed by atoms with van der Waals surface area (Å²) in [6, 6.07) is 11.4. The Hall–Kier alpha value is -2.41. The van der Waals surface area contributed by atoms with Crippen LogP contribution in [0.1, 0.15) is 16.7 Å². The minimum absolute atomic E-state index is 0.00605. The van der Waals surface area contributed by atoms with Gasteiger partial charge in [-0.05, 0) is 61.7 Å². The molecule has 0 unspecified atom stereocenters. The maximum atomic E-state index is 12.5. The summed E-state index contributed by atoms with van der Waals surface area (Å²) in [5, 5.41) is 6.68. The standard InChI is InChI=1S/C23H29ClN4O2/c1-16-5-4-6-21(18(16)3)26-23(30)15-28-11-9-27(10-12-28)14-22(29)25-20-8-7-19(24)13-17(20)2/h4-8,13H,9-12,14-15H2,1-3H3,(H,25,29)(H,26,30)/p+2. The number of carbonyl (C=O) groups is 2. The van der Waals surface area contributed by atoms with Crippen LogP contribution in [0.3, 0.4) is 0 Å². The van der Waals surface area contributed by atoms with Gasteiger partial charge in [-0.1, -0.05) is 23.7 Å². The van der Waals surface area contributed by atoms with Crippen molar-refractivity contribution in [3.8, 4) is 0 Å². The Labute approximate surface area is 183 Å². The minimum Gasteiger partial charge on any atom is -0.321 e. The molecular formula is C23H31ClN4O2+2. The average Bonchev–Trinajstić information content (AvgIpc) is 2.69. The lowest BCUT2D eigenvalue weighted by atomic mass is 10.1. The number of piperazine rings is 1. The van der Waals surface area contributed by atoms with Crippen molar-refractivity contribution in [1.29, 1.82) is 0 Å². The van der Waals surface area contributed by atoms with Crippen LogP contribution in [-0.4, -0.2) is 51.1 Å². The number of nitrogens with one attached hydrogen (secondary N) is 4. The third-order valence-corrected chi connectivity index (χ3v) is 6.06. The zero-order chi connectivity index (χ0) is 21.7. The molecule has 1 aliphatic rings. The Morgan fingerprint density at radius 1 is 0.833 bits per heavy atom. The van der Waals surface area contributed by atoms with E-state index in [9.17, 15) is 9.59 Å². The highest BCUT2D eigenvalue weighted by Gasteiger charge is 2.26. The van der Waals surface area contributed by atoms with Crippen molar-refractivity contribution in [3.05, 3.63) is 58.1 Å². The molecule has 0 spiro atoms. The van der Waals surface area contributed by atoms with Crippen molar-refractivity contribution in [2.45, 2.75) is 20.8 Å². The Kier molecular flexibility index (Phi) is 7.48. The van der Waals surface area contributed by atoms with E-state index in [4.69, 9.17) is 11.6 Å². The van der Waals surface area contributed by atoms with Crippen LogP contribution in [0.15, 0.2) is 36.4 Å². The van der Waals surface area contributed by atoms with Crippen molar-refractivity contribution in [2.75, 3.05) is 49.9 Å². The average molecular weight is 431 g/mol. The van der Waals surface area contributed by atoms with E-state index in [1.807, 2.05) is 51.1 Å². The molecule has 0 saturated carbocycles. The first-order valence-corrected chi connectivity index (χ1v) is 10.8. The normalized spacial score (nSPS) is 18.7. The van der Waals surface area contributed by atoms with Gasteiger partial charge in [0.05, 0.1) is 0 Å². The maximum Gasteiger partial charge on any atom is 0.279 e. The van der Waals surface area contributed by atoms with E-state index in [1.54, 1.807) is 6.07 Å². The number of amides is 2. The summed E-state index contributed by atoms with van der Waals surface area (Å²) in [5.41, 5.74) is 4.92. The predicted octanol–water partition coefficient (Wildman–Crippen LogP) is 0.626. The number of anilines is 2. The molecule has 0 aromatic heterocycles. The smallest absolute Gasteiger partial charge is 0.279 e. The molecule has 0 aliphatic carbocycles. The van der Waals surface area contributed by atoms with Gasteiger partial charge in [-0.25, -0.2) is 0 Å². The van der Waals surface area contributed by atoms with E-state index in [-0.39, 0.29) is 11.8 Å². The molecule has 30 heavy (non-hydrogen) atoms. The first-order valence-electron chi connectivity index (χ1n) is 10.4. The first kappa shape index (κ1) is 22.3. The molecule has 2 aromatic carbocycles. The van der Waals surface area contributed by atoms with E-state index in [2.05, 4.69) is 10.6 Å². The van der Waals surface area contributed by atoms with Gasteiger partial charge in [-0.2, -0.15) is 0 Å². The van der Waals surface area contributed by atoms with E-state index in [1.165, 1.54) is 15.4 Å². The van der Waals surface area contributed by atoms with Crippen LogP contribution in [-0.2, 0) is 9.59 Å². The molecule has 2 amide bonds. The summed E-state index contributed by atoms with van der Waals surface area (Å²) in [7, 11) is 0. The monoisotopic (exact) mass is 430 g/mol. The van der Waals surface area contributed by atoms with Crippen LogP contribution in [0.2, 0.25) is 5.02 Å². The molecule has 0 radical (unpaired) electrons. The van der Waals surface area contributed by atoms with Gasteiger partial charge in [0.2, 0.25) is 0 Å². The number of hydrogen-bond donors (Lipinski definition) is 4. The zero-order valence-electron chi connectivity index (χ0n) is 17.9. The Balaban J connectivity index is 1.42. The van der Waals surface area contributed by atoms with E-state index in [0.29, 0.717) is 18.1 Å². The molecule has 160 valence electrons. The minimum atomic E-state index is 0.00605. The van der Waals surface area contributed by atoms with Crippen LogP contribution < -0.4 is 20.4 Å². The van der Waals surface area contributed by atoms with Gasteiger partial charge in [0.25, 0.3) is 11.8 Å². The fourth-order valence-corrected chi connectivity index (χ4v) is 4.03. The van der Waals surface area contributed by atoms with Crippen LogP contribution in [0, 0.1) is 20.8 Å². The molecular weight excluding hydrogens is 400 g/mol. The van der Waals surface area contributed by atoms with Gasteiger partial charge in [0.1, 0.15) is 26.2 Å². The van der Waals surface area contributed by atoms with Crippen LogP contribution in [0.5, 0.6) is 0 Å².